The van der Waals surface area contributed by atoms with Crippen LogP contribution in [0.5, 0.6) is 5.75 Å². The van der Waals surface area contributed by atoms with Crippen molar-refractivity contribution in [2.75, 3.05) is 6.61 Å². The van der Waals surface area contributed by atoms with E-state index in [-0.39, 0.29) is 17.7 Å². The van der Waals surface area contributed by atoms with E-state index in [9.17, 15) is 9.59 Å². The summed E-state index contributed by atoms with van der Waals surface area (Å²) in [5.41, 5.74) is 1.76. The second-order valence-corrected chi connectivity index (χ2v) is 10.0. The van der Waals surface area contributed by atoms with E-state index in [1.807, 2.05) is 61.5 Å². The van der Waals surface area contributed by atoms with Gasteiger partial charge in [0.2, 0.25) is 0 Å². The fourth-order valence-electron chi connectivity index (χ4n) is 3.36. The zero-order valence-corrected chi connectivity index (χ0v) is 21.2. The molecule has 152 valence electrons. The minimum atomic E-state index is -0.269. The summed E-state index contributed by atoms with van der Waals surface area (Å²) in [7, 11) is 0. The molecular weight excluding hydrogens is 624 g/mol. The third-order valence-electron chi connectivity index (χ3n) is 4.69. The maximum Gasteiger partial charge on any atom is 0.293 e. The Hall–Kier alpha value is -1.59. The van der Waals surface area contributed by atoms with Crippen molar-refractivity contribution in [1.29, 1.82) is 0 Å². The summed E-state index contributed by atoms with van der Waals surface area (Å²) in [4.78, 5) is 27.5. The number of nitrogens with zero attached hydrogens (tertiary/aromatic N) is 1. The molecular formula is C23H17I2NO3S. The van der Waals surface area contributed by atoms with Gasteiger partial charge in [-0.2, -0.15) is 0 Å². The molecule has 1 aliphatic heterocycles. The predicted molar refractivity (Wildman–Crippen MR) is 139 cm³/mol. The maximum atomic E-state index is 13.1. The Morgan fingerprint density at radius 1 is 1.07 bits per heavy atom. The van der Waals surface area contributed by atoms with Crippen molar-refractivity contribution in [3.8, 4) is 5.75 Å². The van der Waals surface area contributed by atoms with E-state index in [1.54, 1.807) is 6.08 Å². The van der Waals surface area contributed by atoms with Crippen LogP contribution in [0, 0.1) is 7.14 Å². The van der Waals surface area contributed by atoms with E-state index in [1.165, 1.54) is 4.90 Å². The number of carbonyl (C=O) groups excluding carboxylic acids is 2. The topological polar surface area (TPSA) is 46.6 Å². The van der Waals surface area contributed by atoms with Crippen molar-refractivity contribution in [3.05, 3.63) is 77.8 Å². The third-order valence-corrected chi connectivity index (χ3v) is 7.03. The molecule has 7 heteroatoms. The van der Waals surface area contributed by atoms with Gasteiger partial charge in [-0.05, 0) is 98.4 Å². The Kier molecular flexibility index (Phi) is 6.69. The molecule has 4 nitrogen and oxygen atoms in total. The molecule has 1 aliphatic rings. The number of carbonyl (C=O) groups is 2. The molecule has 0 spiro atoms. The highest BCUT2D eigenvalue weighted by Gasteiger charge is 2.35. The van der Waals surface area contributed by atoms with Crippen LogP contribution in [0.3, 0.4) is 0 Å². The zero-order valence-electron chi connectivity index (χ0n) is 16.0. The number of rotatable bonds is 5. The van der Waals surface area contributed by atoms with Crippen LogP contribution in [0.2, 0.25) is 0 Å². The summed E-state index contributed by atoms with van der Waals surface area (Å²) in [5, 5.41) is 1.89. The molecule has 0 aromatic heterocycles. The van der Waals surface area contributed by atoms with E-state index in [2.05, 4.69) is 45.2 Å². The number of fused-ring (bicyclic) bond motifs is 1. The van der Waals surface area contributed by atoms with Gasteiger partial charge in [0.1, 0.15) is 5.75 Å². The van der Waals surface area contributed by atoms with Gasteiger partial charge in [0.15, 0.2) is 0 Å². The van der Waals surface area contributed by atoms with Gasteiger partial charge in [-0.15, -0.1) is 0 Å². The van der Waals surface area contributed by atoms with Crippen molar-refractivity contribution >= 4 is 84.9 Å². The first-order chi connectivity index (χ1) is 14.5. The smallest absolute Gasteiger partial charge is 0.293 e. The zero-order chi connectivity index (χ0) is 21.3. The van der Waals surface area contributed by atoms with Crippen molar-refractivity contribution in [2.24, 2.45) is 0 Å². The standard InChI is InChI=1S/C23H17I2NO3S/c1-2-29-21-16(10-17(24)12-19(21)25)11-20-22(27)26(23(28)30-20)13-15-8-5-7-14-6-3-4-9-18(14)15/h3-12H,2,13H2,1H3/b20-11+. The fraction of sp³-hybridized carbons (Fsp3) is 0.130. The van der Waals surface area contributed by atoms with Gasteiger partial charge in [-0.1, -0.05) is 42.5 Å². The molecule has 0 bridgehead atoms. The summed E-state index contributed by atoms with van der Waals surface area (Å²) in [6.45, 7) is 2.71. The Bertz CT molecular complexity index is 1190. The second kappa shape index (κ2) is 9.27. The second-order valence-electron chi connectivity index (χ2n) is 6.65. The first kappa shape index (κ1) is 21.6. The number of imide groups is 1. The van der Waals surface area contributed by atoms with Gasteiger partial charge in [-0.3, -0.25) is 14.5 Å². The Morgan fingerprint density at radius 3 is 2.63 bits per heavy atom. The molecule has 1 fully saturated rings. The summed E-state index contributed by atoms with van der Waals surface area (Å²) in [6.07, 6.45) is 1.77. The molecule has 1 saturated heterocycles. The van der Waals surface area contributed by atoms with Crippen LogP contribution >= 0.6 is 56.9 Å². The van der Waals surface area contributed by atoms with Gasteiger partial charge in [0.05, 0.1) is 21.6 Å². The quantitative estimate of drug-likeness (QED) is 0.231. The summed E-state index contributed by atoms with van der Waals surface area (Å²) in [5.74, 6) is 0.466. The normalized spacial score (nSPS) is 15.4. The molecule has 1 heterocycles. The number of thioether (sulfide) groups is 1. The molecule has 3 aromatic rings. The lowest BCUT2D eigenvalue weighted by atomic mass is 10.0. The first-order valence-electron chi connectivity index (χ1n) is 9.31. The van der Waals surface area contributed by atoms with Crippen LogP contribution in [0.1, 0.15) is 18.1 Å². The summed E-state index contributed by atoms with van der Waals surface area (Å²) < 4.78 is 7.81. The summed E-state index contributed by atoms with van der Waals surface area (Å²) in [6, 6.07) is 17.9. The highest BCUT2D eigenvalue weighted by atomic mass is 127. The van der Waals surface area contributed by atoms with Crippen LogP contribution in [0.25, 0.3) is 16.8 Å². The van der Waals surface area contributed by atoms with Crippen molar-refractivity contribution in [3.63, 3.8) is 0 Å². The van der Waals surface area contributed by atoms with Crippen LogP contribution in [-0.2, 0) is 11.3 Å². The van der Waals surface area contributed by atoms with Gasteiger partial charge < -0.3 is 4.74 Å². The number of ether oxygens (including phenoxy) is 1. The lowest BCUT2D eigenvalue weighted by Crippen LogP contribution is -2.27. The predicted octanol–water partition coefficient (Wildman–Crippen LogP) is 6.68. The van der Waals surface area contributed by atoms with Crippen LogP contribution in [0.4, 0.5) is 4.79 Å². The molecule has 0 radical (unpaired) electrons. The lowest BCUT2D eigenvalue weighted by molar-refractivity contribution is -0.123. The molecule has 0 saturated carbocycles. The monoisotopic (exact) mass is 641 g/mol. The largest absolute Gasteiger partial charge is 0.492 e. The molecule has 0 N–H and O–H groups in total. The Morgan fingerprint density at radius 2 is 1.83 bits per heavy atom. The van der Waals surface area contributed by atoms with E-state index >= 15 is 0 Å². The minimum Gasteiger partial charge on any atom is -0.492 e. The minimum absolute atomic E-state index is 0.252. The molecule has 4 rings (SSSR count). The molecule has 30 heavy (non-hydrogen) atoms. The average molecular weight is 641 g/mol. The van der Waals surface area contributed by atoms with E-state index in [0.29, 0.717) is 11.5 Å². The van der Waals surface area contributed by atoms with E-state index < -0.39 is 0 Å². The van der Waals surface area contributed by atoms with Crippen molar-refractivity contribution in [1.82, 2.24) is 4.90 Å². The third kappa shape index (κ3) is 4.38. The first-order valence-corrected chi connectivity index (χ1v) is 12.3. The fourth-order valence-corrected chi connectivity index (χ4v) is 6.24. The van der Waals surface area contributed by atoms with Crippen molar-refractivity contribution < 1.29 is 14.3 Å². The summed E-state index contributed by atoms with van der Waals surface area (Å²) >= 11 is 5.45. The molecule has 2 amide bonds. The highest BCUT2D eigenvalue weighted by Crippen LogP contribution is 2.37. The van der Waals surface area contributed by atoms with E-state index in [0.717, 1.165) is 46.6 Å². The van der Waals surface area contributed by atoms with Crippen LogP contribution < -0.4 is 4.74 Å². The SMILES string of the molecule is CCOc1c(I)cc(I)cc1/C=C1/SC(=O)N(Cc2cccc3ccccc23)C1=O. The van der Waals surface area contributed by atoms with Crippen LogP contribution in [-0.4, -0.2) is 22.7 Å². The molecule has 0 atom stereocenters. The number of hydrogen-bond donors (Lipinski definition) is 0. The number of amides is 2. The van der Waals surface area contributed by atoms with E-state index in [4.69, 9.17) is 4.74 Å². The van der Waals surface area contributed by atoms with Crippen LogP contribution in [0.15, 0.2) is 59.5 Å². The Labute approximate surface area is 206 Å². The maximum absolute atomic E-state index is 13.1. The highest BCUT2D eigenvalue weighted by molar-refractivity contribution is 14.1. The van der Waals surface area contributed by atoms with Gasteiger partial charge in [0.25, 0.3) is 11.1 Å². The van der Waals surface area contributed by atoms with Gasteiger partial charge in [0, 0.05) is 9.13 Å². The van der Waals surface area contributed by atoms with Gasteiger partial charge >= 0.3 is 0 Å². The number of halogens is 2. The molecule has 0 unspecified atom stereocenters. The molecule has 3 aromatic carbocycles. The Balaban J connectivity index is 1.67. The average Bonchev–Trinajstić information content (AvgIpc) is 2.98. The molecule has 0 aliphatic carbocycles. The lowest BCUT2D eigenvalue weighted by Gasteiger charge is -2.14. The van der Waals surface area contributed by atoms with Crippen molar-refractivity contribution in [2.45, 2.75) is 13.5 Å². The number of hydrogen-bond acceptors (Lipinski definition) is 4. The number of benzene rings is 3. The van der Waals surface area contributed by atoms with Gasteiger partial charge in [-0.25, -0.2) is 0 Å².